The van der Waals surface area contributed by atoms with Crippen LogP contribution >= 0.6 is 0 Å². The molecule has 2 heterocycles. The predicted octanol–water partition coefficient (Wildman–Crippen LogP) is 6.30. The van der Waals surface area contributed by atoms with Gasteiger partial charge in [0, 0.05) is 29.9 Å². The summed E-state index contributed by atoms with van der Waals surface area (Å²) in [7, 11) is 0. The Balaban J connectivity index is 1.61. The van der Waals surface area contributed by atoms with Crippen LogP contribution in [-0.4, -0.2) is 24.0 Å². The van der Waals surface area contributed by atoms with Gasteiger partial charge in [0.2, 0.25) is 0 Å². The Morgan fingerprint density at radius 2 is 1.72 bits per heavy atom. The standard InChI is InChI=1S/C26H22FN3O2/c27-16-8-7-9-17(14-16)28-20-15-21(30-12-5-1-2-6-13-30)24-23-22(20)25(31)18-10-3-4-11-19(18)26(23)32-29-24/h3-4,7-11,14-15,28H,1-2,5-6,12-13H2. The maximum atomic E-state index is 13.9. The highest BCUT2D eigenvalue weighted by molar-refractivity contribution is 6.28. The molecule has 0 atom stereocenters. The quantitative estimate of drug-likeness (QED) is 0.366. The smallest absolute Gasteiger partial charge is 0.196 e. The fraction of sp³-hybridized carbons (Fsp3) is 0.231. The van der Waals surface area contributed by atoms with Crippen molar-refractivity contribution in [3.05, 3.63) is 71.5 Å². The summed E-state index contributed by atoms with van der Waals surface area (Å²) in [6.45, 7) is 1.86. The molecule has 1 saturated heterocycles. The molecule has 0 saturated carbocycles. The Bertz CT molecular complexity index is 1350. The van der Waals surface area contributed by atoms with Gasteiger partial charge in [-0.2, -0.15) is 0 Å². The number of hydrogen-bond acceptors (Lipinski definition) is 5. The minimum atomic E-state index is -0.334. The molecule has 1 N–H and O–H groups in total. The molecule has 1 aliphatic heterocycles. The number of hydrogen-bond donors (Lipinski definition) is 1. The molecule has 32 heavy (non-hydrogen) atoms. The molecule has 6 rings (SSSR count). The first-order chi connectivity index (χ1) is 15.7. The summed E-state index contributed by atoms with van der Waals surface area (Å²) >= 11 is 0. The summed E-state index contributed by atoms with van der Waals surface area (Å²) in [6, 6.07) is 15.7. The molecule has 4 aromatic rings. The van der Waals surface area contributed by atoms with Crippen molar-refractivity contribution in [3.63, 3.8) is 0 Å². The van der Waals surface area contributed by atoms with Gasteiger partial charge in [-0.15, -0.1) is 0 Å². The molecule has 1 fully saturated rings. The molecule has 1 aliphatic carbocycles. The van der Waals surface area contributed by atoms with Gasteiger partial charge in [0.15, 0.2) is 11.5 Å². The average molecular weight is 427 g/mol. The number of anilines is 3. The van der Waals surface area contributed by atoms with E-state index < -0.39 is 0 Å². The second-order valence-electron chi connectivity index (χ2n) is 8.46. The van der Waals surface area contributed by atoms with Gasteiger partial charge in [-0.1, -0.05) is 48.3 Å². The highest BCUT2D eigenvalue weighted by Crippen LogP contribution is 2.46. The first-order valence-electron chi connectivity index (χ1n) is 11.1. The summed E-state index contributed by atoms with van der Waals surface area (Å²) < 4.78 is 19.7. The van der Waals surface area contributed by atoms with Gasteiger partial charge >= 0.3 is 0 Å². The van der Waals surface area contributed by atoms with Crippen molar-refractivity contribution < 1.29 is 13.7 Å². The Kier molecular flexibility index (Phi) is 4.45. The van der Waals surface area contributed by atoms with Crippen molar-refractivity contribution in [2.24, 2.45) is 0 Å². The number of fused-ring (bicyclic) bond motifs is 2. The number of ketones is 1. The first-order valence-corrected chi connectivity index (χ1v) is 11.1. The Labute approximate surface area is 184 Å². The minimum absolute atomic E-state index is 0.0809. The molecule has 2 aliphatic rings. The van der Waals surface area contributed by atoms with E-state index in [9.17, 15) is 9.18 Å². The normalized spacial score (nSPS) is 15.5. The topological polar surface area (TPSA) is 58.4 Å². The summed E-state index contributed by atoms with van der Waals surface area (Å²) in [6.07, 6.45) is 4.65. The molecule has 0 spiro atoms. The van der Waals surface area contributed by atoms with Crippen molar-refractivity contribution in [2.75, 3.05) is 23.3 Å². The number of carbonyl (C=O) groups excluding carboxylic acids is 1. The van der Waals surface area contributed by atoms with Crippen LogP contribution in [0.3, 0.4) is 0 Å². The molecule has 160 valence electrons. The number of halogens is 1. The Morgan fingerprint density at radius 3 is 2.50 bits per heavy atom. The summed E-state index contributed by atoms with van der Waals surface area (Å²) in [5.74, 6) is 0.201. The third-order valence-electron chi connectivity index (χ3n) is 6.43. The number of benzene rings is 3. The van der Waals surface area contributed by atoms with Crippen molar-refractivity contribution in [1.29, 1.82) is 0 Å². The van der Waals surface area contributed by atoms with Crippen LogP contribution in [0, 0.1) is 5.82 Å². The SMILES string of the molecule is O=C1c2ccccc2-c2onc3c(N4CCCCCC4)cc(Nc4cccc(F)c4)c1c23. The largest absolute Gasteiger partial charge is 0.370 e. The lowest BCUT2D eigenvalue weighted by Gasteiger charge is -2.26. The van der Waals surface area contributed by atoms with Crippen molar-refractivity contribution in [3.8, 4) is 11.3 Å². The van der Waals surface area contributed by atoms with Crippen molar-refractivity contribution >= 4 is 33.7 Å². The van der Waals surface area contributed by atoms with Gasteiger partial charge in [-0.05, 0) is 37.1 Å². The van der Waals surface area contributed by atoms with Crippen molar-refractivity contribution in [2.45, 2.75) is 25.7 Å². The van der Waals surface area contributed by atoms with Crippen LogP contribution in [0.1, 0.15) is 41.6 Å². The number of nitrogens with one attached hydrogen (secondary N) is 1. The van der Waals surface area contributed by atoms with Gasteiger partial charge < -0.3 is 14.7 Å². The van der Waals surface area contributed by atoms with Gasteiger partial charge in [-0.3, -0.25) is 4.79 Å². The average Bonchev–Trinajstić information content (AvgIpc) is 3.06. The van der Waals surface area contributed by atoms with Gasteiger partial charge in [-0.25, -0.2) is 4.39 Å². The summed E-state index contributed by atoms with van der Waals surface area (Å²) in [4.78, 5) is 15.9. The molecule has 0 radical (unpaired) electrons. The molecule has 3 aromatic carbocycles. The van der Waals surface area contributed by atoms with E-state index >= 15 is 0 Å². The number of aromatic nitrogens is 1. The molecular weight excluding hydrogens is 405 g/mol. The van der Waals surface area contributed by atoms with Gasteiger partial charge in [0.05, 0.1) is 22.3 Å². The Hall–Kier alpha value is -3.67. The zero-order valence-corrected chi connectivity index (χ0v) is 17.5. The lowest BCUT2D eigenvalue weighted by Crippen LogP contribution is -2.24. The zero-order chi connectivity index (χ0) is 21.7. The fourth-order valence-corrected chi connectivity index (χ4v) is 4.92. The lowest BCUT2D eigenvalue weighted by atomic mass is 9.86. The molecule has 5 nitrogen and oxygen atoms in total. The van der Waals surface area contributed by atoms with E-state index in [1.54, 1.807) is 12.1 Å². The zero-order valence-electron chi connectivity index (χ0n) is 17.5. The van der Waals surface area contributed by atoms with E-state index in [0.717, 1.165) is 42.6 Å². The minimum Gasteiger partial charge on any atom is -0.370 e. The molecule has 0 bridgehead atoms. The molecular formula is C26H22FN3O2. The molecule has 1 aromatic heterocycles. The molecule has 6 heteroatoms. The number of carbonyl (C=O) groups is 1. The van der Waals surface area contributed by atoms with Crippen LogP contribution in [-0.2, 0) is 0 Å². The highest BCUT2D eigenvalue weighted by Gasteiger charge is 2.33. The summed E-state index contributed by atoms with van der Waals surface area (Å²) in [5.41, 5.74) is 4.77. The van der Waals surface area contributed by atoms with E-state index in [-0.39, 0.29) is 11.6 Å². The van der Waals surface area contributed by atoms with Crippen LogP contribution in [0.15, 0.2) is 59.1 Å². The van der Waals surface area contributed by atoms with Crippen LogP contribution in [0.4, 0.5) is 21.5 Å². The van der Waals surface area contributed by atoms with E-state index in [1.807, 2.05) is 30.3 Å². The first kappa shape index (κ1) is 19.0. The summed E-state index contributed by atoms with van der Waals surface area (Å²) in [5, 5.41) is 8.47. The van der Waals surface area contributed by atoms with Crippen LogP contribution < -0.4 is 10.2 Å². The predicted molar refractivity (Wildman–Crippen MR) is 123 cm³/mol. The number of rotatable bonds is 3. The maximum Gasteiger partial charge on any atom is 0.196 e. The van der Waals surface area contributed by atoms with Crippen LogP contribution in [0.5, 0.6) is 0 Å². The second kappa shape index (κ2) is 7.48. The van der Waals surface area contributed by atoms with Crippen LogP contribution in [0.25, 0.3) is 22.2 Å². The Morgan fingerprint density at radius 1 is 0.938 bits per heavy atom. The van der Waals surface area contributed by atoms with E-state index in [0.29, 0.717) is 33.8 Å². The highest BCUT2D eigenvalue weighted by atomic mass is 19.1. The van der Waals surface area contributed by atoms with E-state index in [1.165, 1.54) is 25.0 Å². The monoisotopic (exact) mass is 427 g/mol. The third kappa shape index (κ3) is 2.98. The molecule has 0 unspecified atom stereocenters. The van der Waals surface area contributed by atoms with Crippen molar-refractivity contribution in [1.82, 2.24) is 5.16 Å². The maximum absolute atomic E-state index is 13.9. The number of nitrogens with zero attached hydrogens (tertiary/aromatic N) is 2. The van der Waals surface area contributed by atoms with Gasteiger partial charge in [0.25, 0.3) is 0 Å². The van der Waals surface area contributed by atoms with E-state index in [2.05, 4.69) is 15.4 Å². The third-order valence-corrected chi connectivity index (χ3v) is 6.43. The van der Waals surface area contributed by atoms with E-state index in [4.69, 9.17) is 4.52 Å². The van der Waals surface area contributed by atoms with Crippen LogP contribution in [0.2, 0.25) is 0 Å². The lowest BCUT2D eigenvalue weighted by molar-refractivity contribution is 0.104. The second-order valence-corrected chi connectivity index (χ2v) is 8.46. The molecule has 0 amide bonds. The fourth-order valence-electron chi connectivity index (χ4n) is 4.92. The van der Waals surface area contributed by atoms with Gasteiger partial charge in [0.1, 0.15) is 11.3 Å².